The van der Waals surface area contributed by atoms with Gasteiger partial charge < -0.3 is 10.6 Å². The Morgan fingerprint density at radius 2 is 1.78 bits per heavy atom. The van der Waals surface area contributed by atoms with Crippen molar-refractivity contribution in [1.82, 2.24) is 20.1 Å². The zero-order chi connectivity index (χ0) is 25.9. The third-order valence-corrected chi connectivity index (χ3v) is 5.74. The van der Waals surface area contributed by atoms with Gasteiger partial charge in [0.05, 0.1) is 23.4 Å². The van der Waals surface area contributed by atoms with Crippen LogP contribution in [0.2, 0.25) is 0 Å². The number of carbonyl (C=O) groups is 2. The number of hydrogen-bond acceptors (Lipinski definition) is 4. The largest absolute Gasteiger partial charge is 0.416 e. The highest BCUT2D eigenvalue weighted by Gasteiger charge is 2.32. The second-order valence-corrected chi connectivity index (χ2v) is 8.66. The molecule has 1 atom stereocenters. The van der Waals surface area contributed by atoms with Crippen LogP contribution in [0.4, 0.5) is 18.9 Å². The van der Waals surface area contributed by atoms with Crippen molar-refractivity contribution in [2.45, 2.75) is 32.5 Å². The quantitative estimate of drug-likeness (QED) is 0.387. The second kappa shape index (κ2) is 10.2. The van der Waals surface area contributed by atoms with Gasteiger partial charge in [0.25, 0.3) is 0 Å². The molecule has 0 unspecified atom stereocenters. The summed E-state index contributed by atoms with van der Waals surface area (Å²) in [4.78, 5) is 29.9. The molecule has 0 radical (unpaired) electrons. The smallest absolute Gasteiger partial charge is 0.344 e. The molecule has 3 aromatic carbocycles. The molecule has 0 spiro atoms. The number of nitrogens with one attached hydrogen (secondary N) is 2. The molecule has 10 heteroatoms. The molecule has 4 aromatic rings. The van der Waals surface area contributed by atoms with E-state index < -0.39 is 23.7 Å². The average Bonchev–Trinajstić information content (AvgIpc) is 3.37. The lowest BCUT2D eigenvalue weighted by Gasteiger charge is -2.23. The number of rotatable bonds is 7. The molecule has 0 aliphatic carbocycles. The number of alkyl halides is 3. The van der Waals surface area contributed by atoms with E-state index in [0.717, 1.165) is 28.5 Å². The SMILES string of the molecule is CC(C)[C@H](NC(=O)Cc1cccc2ccccc12)C(=O)Nc1cc(C(F)(F)F)ccc1-n1cncn1. The molecule has 2 N–H and O–H groups in total. The van der Waals surface area contributed by atoms with Gasteiger partial charge in [0, 0.05) is 0 Å². The molecule has 186 valence electrons. The number of hydrogen-bond donors (Lipinski definition) is 2. The summed E-state index contributed by atoms with van der Waals surface area (Å²) in [5, 5.41) is 11.2. The van der Waals surface area contributed by atoms with Crippen molar-refractivity contribution < 1.29 is 22.8 Å². The van der Waals surface area contributed by atoms with Crippen molar-refractivity contribution in [3.05, 3.63) is 84.4 Å². The molecule has 0 fully saturated rings. The van der Waals surface area contributed by atoms with Crippen LogP contribution in [-0.2, 0) is 22.2 Å². The third-order valence-electron chi connectivity index (χ3n) is 5.74. The molecule has 0 aliphatic rings. The summed E-state index contributed by atoms with van der Waals surface area (Å²) in [6.45, 7) is 3.49. The molecular formula is C26H24F3N5O2. The summed E-state index contributed by atoms with van der Waals surface area (Å²) in [7, 11) is 0. The first kappa shape index (κ1) is 24.9. The average molecular weight is 496 g/mol. The second-order valence-electron chi connectivity index (χ2n) is 8.66. The lowest BCUT2D eigenvalue weighted by Crippen LogP contribution is -2.47. The van der Waals surface area contributed by atoms with Crippen molar-refractivity contribution in [3.63, 3.8) is 0 Å². The Morgan fingerprint density at radius 3 is 2.47 bits per heavy atom. The minimum atomic E-state index is -4.61. The van der Waals surface area contributed by atoms with E-state index >= 15 is 0 Å². The van der Waals surface area contributed by atoms with Gasteiger partial charge in [-0.05, 0) is 40.5 Å². The molecule has 7 nitrogen and oxygen atoms in total. The Hall–Kier alpha value is -4.21. The summed E-state index contributed by atoms with van der Waals surface area (Å²) >= 11 is 0. The maximum atomic E-state index is 13.4. The number of nitrogens with zero attached hydrogens (tertiary/aromatic N) is 3. The van der Waals surface area contributed by atoms with Crippen LogP contribution in [0.5, 0.6) is 0 Å². The van der Waals surface area contributed by atoms with Crippen LogP contribution in [0.25, 0.3) is 16.5 Å². The van der Waals surface area contributed by atoms with Gasteiger partial charge in [-0.25, -0.2) is 9.67 Å². The zero-order valence-corrected chi connectivity index (χ0v) is 19.6. The number of carbonyl (C=O) groups excluding carboxylic acids is 2. The molecule has 1 heterocycles. The Kier molecular flexibility index (Phi) is 7.05. The van der Waals surface area contributed by atoms with Gasteiger partial charge in [-0.2, -0.15) is 18.3 Å². The molecular weight excluding hydrogens is 471 g/mol. The lowest BCUT2D eigenvalue weighted by atomic mass is 10.00. The first-order chi connectivity index (χ1) is 17.1. The predicted octanol–water partition coefficient (Wildman–Crippen LogP) is 4.76. The van der Waals surface area contributed by atoms with Gasteiger partial charge in [-0.15, -0.1) is 0 Å². The van der Waals surface area contributed by atoms with E-state index in [4.69, 9.17) is 0 Å². The highest BCUT2D eigenvalue weighted by molar-refractivity contribution is 5.99. The molecule has 0 aliphatic heterocycles. The highest BCUT2D eigenvalue weighted by atomic mass is 19.4. The van der Waals surface area contributed by atoms with Crippen LogP contribution in [0.1, 0.15) is 25.0 Å². The van der Waals surface area contributed by atoms with Crippen molar-refractivity contribution in [2.24, 2.45) is 5.92 Å². The Balaban J connectivity index is 1.56. The molecule has 1 aromatic heterocycles. The van der Waals surface area contributed by atoms with Crippen molar-refractivity contribution in [2.75, 3.05) is 5.32 Å². The van der Waals surface area contributed by atoms with Crippen molar-refractivity contribution in [1.29, 1.82) is 0 Å². The van der Waals surface area contributed by atoms with Crippen LogP contribution in [0.3, 0.4) is 0 Å². The van der Waals surface area contributed by atoms with E-state index in [1.165, 1.54) is 23.4 Å². The van der Waals surface area contributed by atoms with E-state index in [-0.39, 0.29) is 29.6 Å². The van der Waals surface area contributed by atoms with E-state index in [1.54, 1.807) is 13.8 Å². The number of benzene rings is 3. The number of aromatic nitrogens is 3. The predicted molar refractivity (Wildman–Crippen MR) is 129 cm³/mol. The maximum Gasteiger partial charge on any atom is 0.416 e. The summed E-state index contributed by atoms with van der Waals surface area (Å²) in [6.07, 6.45) is -2.02. The normalized spacial score (nSPS) is 12.5. The minimum Gasteiger partial charge on any atom is -0.344 e. The highest BCUT2D eigenvalue weighted by Crippen LogP contribution is 2.33. The van der Waals surface area contributed by atoms with Gasteiger partial charge in [0.1, 0.15) is 18.7 Å². The number of halogens is 3. The number of fused-ring (bicyclic) bond motifs is 1. The first-order valence-corrected chi connectivity index (χ1v) is 11.3. The van der Waals surface area contributed by atoms with E-state index in [1.807, 2.05) is 42.5 Å². The fraction of sp³-hybridized carbons (Fsp3) is 0.231. The fourth-order valence-corrected chi connectivity index (χ4v) is 3.93. The summed E-state index contributed by atoms with van der Waals surface area (Å²) in [6, 6.07) is 15.3. The van der Waals surface area contributed by atoms with Crippen molar-refractivity contribution in [3.8, 4) is 5.69 Å². The molecule has 2 amide bonds. The van der Waals surface area contributed by atoms with Crippen LogP contribution < -0.4 is 10.6 Å². The molecule has 0 saturated carbocycles. The Morgan fingerprint density at radius 1 is 1.03 bits per heavy atom. The van der Waals surface area contributed by atoms with Crippen LogP contribution >= 0.6 is 0 Å². The van der Waals surface area contributed by atoms with Gasteiger partial charge in [0.15, 0.2) is 0 Å². The molecule has 4 rings (SSSR count). The van der Waals surface area contributed by atoms with E-state index in [9.17, 15) is 22.8 Å². The van der Waals surface area contributed by atoms with Crippen LogP contribution in [0, 0.1) is 5.92 Å². The molecule has 0 bridgehead atoms. The monoisotopic (exact) mass is 495 g/mol. The Labute approximate surface area is 205 Å². The number of amides is 2. The molecule has 36 heavy (non-hydrogen) atoms. The summed E-state index contributed by atoms with van der Waals surface area (Å²) in [5.74, 6) is -1.35. The summed E-state index contributed by atoms with van der Waals surface area (Å²) in [5.41, 5.74) is -0.0182. The van der Waals surface area contributed by atoms with Gasteiger partial charge in [0.2, 0.25) is 11.8 Å². The first-order valence-electron chi connectivity index (χ1n) is 11.3. The Bertz CT molecular complexity index is 1380. The van der Waals surface area contributed by atoms with Crippen LogP contribution in [0.15, 0.2) is 73.3 Å². The van der Waals surface area contributed by atoms with Crippen LogP contribution in [-0.4, -0.2) is 32.6 Å². The zero-order valence-electron chi connectivity index (χ0n) is 19.6. The third kappa shape index (κ3) is 5.54. The van der Waals surface area contributed by atoms with E-state index in [2.05, 4.69) is 20.7 Å². The minimum absolute atomic E-state index is 0.0472. The lowest BCUT2D eigenvalue weighted by molar-refractivity contribution is -0.137. The van der Waals surface area contributed by atoms with Gasteiger partial charge in [-0.1, -0.05) is 56.3 Å². The maximum absolute atomic E-state index is 13.4. The molecule has 0 saturated heterocycles. The topological polar surface area (TPSA) is 88.9 Å². The van der Waals surface area contributed by atoms with E-state index in [0.29, 0.717) is 0 Å². The standard InChI is InChI=1S/C26H24F3N5O2/c1-16(2)24(33-23(35)12-18-8-5-7-17-6-3-4-9-20(17)18)25(36)32-21-13-19(26(27,28)29)10-11-22(21)34-15-30-14-31-34/h3-11,13-16,24H,12H2,1-2H3,(H,32,36)(H,33,35)/t24-/m0/s1. The fourth-order valence-electron chi connectivity index (χ4n) is 3.93. The number of anilines is 1. The summed E-state index contributed by atoms with van der Waals surface area (Å²) < 4.78 is 41.3. The van der Waals surface area contributed by atoms with Crippen molar-refractivity contribution >= 4 is 28.3 Å². The van der Waals surface area contributed by atoms with Gasteiger partial charge in [-0.3, -0.25) is 9.59 Å². The van der Waals surface area contributed by atoms with Gasteiger partial charge >= 0.3 is 6.18 Å².